The van der Waals surface area contributed by atoms with Crippen molar-refractivity contribution in [1.82, 2.24) is 24.7 Å². The third-order valence-corrected chi connectivity index (χ3v) is 4.57. The van der Waals surface area contributed by atoms with Gasteiger partial charge in [0.2, 0.25) is 0 Å². The summed E-state index contributed by atoms with van der Waals surface area (Å²) in [5, 5.41) is 4.14. The number of hydrogen-bond acceptors (Lipinski definition) is 6. The van der Waals surface area contributed by atoms with Crippen molar-refractivity contribution in [3.05, 3.63) is 48.7 Å². The number of halogens is 3. The molecule has 0 aromatic carbocycles. The van der Waals surface area contributed by atoms with Crippen molar-refractivity contribution >= 4 is 11.6 Å². The fourth-order valence-corrected chi connectivity index (χ4v) is 3.12. The van der Waals surface area contributed by atoms with E-state index < -0.39 is 11.9 Å². The van der Waals surface area contributed by atoms with Crippen molar-refractivity contribution in [2.24, 2.45) is 7.05 Å². The molecule has 1 aliphatic rings. The second-order valence-electron chi connectivity index (χ2n) is 6.52. The van der Waals surface area contributed by atoms with Crippen LogP contribution in [0.5, 0.6) is 0 Å². The van der Waals surface area contributed by atoms with E-state index in [1.54, 1.807) is 29.3 Å². The zero-order chi connectivity index (χ0) is 19.7. The van der Waals surface area contributed by atoms with Crippen LogP contribution in [0.2, 0.25) is 0 Å². The number of aryl methyl sites for hydroxylation is 1. The zero-order valence-corrected chi connectivity index (χ0v) is 15.1. The van der Waals surface area contributed by atoms with Crippen LogP contribution in [0.4, 0.5) is 24.8 Å². The van der Waals surface area contributed by atoms with Gasteiger partial charge in [-0.3, -0.25) is 9.67 Å². The highest BCUT2D eigenvalue weighted by molar-refractivity contribution is 5.58. The monoisotopic (exact) mass is 389 g/mol. The van der Waals surface area contributed by atoms with Crippen molar-refractivity contribution < 1.29 is 13.2 Å². The molecule has 4 heterocycles. The van der Waals surface area contributed by atoms with Gasteiger partial charge in [-0.25, -0.2) is 9.97 Å². The van der Waals surface area contributed by atoms with E-state index in [9.17, 15) is 13.2 Å². The van der Waals surface area contributed by atoms with E-state index >= 15 is 0 Å². The van der Waals surface area contributed by atoms with Gasteiger partial charge >= 0.3 is 6.18 Å². The molecule has 0 N–H and O–H groups in total. The zero-order valence-electron chi connectivity index (χ0n) is 15.1. The SMILES string of the molecule is Cn1cc(-c2cncc(N3CCN(c4cccc(C(F)(F)F)n4)CC3)n2)cn1. The first-order valence-corrected chi connectivity index (χ1v) is 8.75. The highest BCUT2D eigenvalue weighted by Gasteiger charge is 2.33. The van der Waals surface area contributed by atoms with Crippen LogP contribution in [0, 0.1) is 0 Å². The molecule has 1 fully saturated rings. The molecule has 0 radical (unpaired) electrons. The van der Waals surface area contributed by atoms with Gasteiger partial charge in [-0.1, -0.05) is 6.07 Å². The molecular weight excluding hydrogens is 371 g/mol. The lowest BCUT2D eigenvalue weighted by molar-refractivity contribution is -0.141. The second kappa shape index (κ2) is 7.10. The van der Waals surface area contributed by atoms with Crippen LogP contribution in [-0.2, 0) is 13.2 Å². The number of rotatable bonds is 3. The molecular formula is C18H18F3N7. The second-order valence-corrected chi connectivity index (χ2v) is 6.52. The van der Waals surface area contributed by atoms with Gasteiger partial charge in [-0.15, -0.1) is 0 Å². The van der Waals surface area contributed by atoms with Crippen LogP contribution >= 0.6 is 0 Å². The summed E-state index contributed by atoms with van der Waals surface area (Å²) in [4.78, 5) is 16.6. The van der Waals surface area contributed by atoms with E-state index in [2.05, 4.69) is 25.0 Å². The Morgan fingerprint density at radius 3 is 2.25 bits per heavy atom. The lowest BCUT2D eigenvalue weighted by Crippen LogP contribution is -2.47. The third-order valence-electron chi connectivity index (χ3n) is 4.57. The maximum Gasteiger partial charge on any atom is 0.433 e. The van der Waals surface area contributed by atoms with Crippen LogP contribution in [0.1, 0.15) is 5.69 Å². The van der Waals surface area contributed by atoms with Crippen molar-refractivity contribution in [1.29, 1.82) is 0 Å². The summed E-state index contributed by atoms with van der Waals surface area (Å²) in [6, 6.07) is 3.98. The van der Waals surface area contributed by atoms with Crippen LogP contribution in [0.15, 0.2) is 43.0 Å². The Hall–Kier alpha value is -3.17. The molecule has 0 bridgehead atoms. The molecule has 0 spiro atoms. The first-order chi connectivity index (χ1) is 13.4. The summed E-state index contributed by atoms with van der Waals surface area (Å²) < 4.78 is 40.4. The van der Waals surface area contributed by atoms with Gasteiger partial charge in [0.25, 0.3) is 0 Å². The van der Waals surface area contributed by atoms with Crippen LogP contribution < -0.4 is 9.80 Å². The normalized spacial score (nSPS) is 15.1. The first-order valence-electron chi connectivity index (χ1n) is 8.75. The Bertz CT molecular complexity index is 962. The van der Waals surface area contributed by atoms with E-state index in [1.165, 1.54) is 6.07 Å². The first kappa shape index (κ1) is 18.2. The highest BCUT2D eigenvalue weighted by atomic mass is 19.4. The third kappa shape index (κ3) is 3.75. The quantitative estimate of drug-likeness (QED) is 0.686. The molecule has 1 saturated heterocycles. The molecule has 0 aliphatic carbocycles. The van der Waals surface area contributed by atoms with E-state index in [4.69, 9.17) is 0 Å². The summed E-state index contributed by atoms with van der Waals surface area (Å²) in [5.74, 6) is 1.07. The molecule has 4 rings (SSSR count). The standard InChI is InChI=1S/C18H18F3N7/c1-26-12-13(9-23-26)14-10-22-11-17(24-14)28-7-5-27(6-8-28)16-4-2-3-15(25-16)18(19,20)21/h2-4,9-12H,5-8H2,1H3. The minimum absolute atomic E-state index is 0.338. The fraction of sp³-hybridized carbons (Fsp3) is 0.333. The predicted octanol–water partition coefficient (Wildman–Crippen LogP) is 2.62. The topological polar surface area (TPSA) is 63.0 Å². The number of alkyl halides is 3. The molecule has 0 saturated carbocycles. The molecule has 10 heteroatoms. The Morgan fingerprint density at radius 1 is 0.893 bits per heavy atom. The van der Waals surface area contributed by atoms with Gasteiger partial charge in [-0.05, 0) is 12.1 Å². The van der Waals surface area contributed by atoms with E-state index in [-0.39, 0.29) is 0 Å². The number of nitrogens with zero attached hydrogens (tertiary/aromatic N) is 7. The molecule has 1 aliphatic heterocycles. The van der Waals surface area contributed by atoms with Gasteiger partial charge in [0, 0.05) is 45.0 Å². The average molecular weight is 389 g/mol. The molecule has 0 atom stereocenters. The highest BCUT2D eigenvalue weighted by Crippen LogP contribution is 2.29. The number of anilines is 2. The van der Waals surface area contributed by atoms with E-state index in [0.717, 1.165) is 23.1 Å². The van der Waals surface area contributed by atoms with Crippen molar-refractivity contribution in [2.45, 2.75) is 6.18 Å². The Morgan fingerprint density at radius 2 is 1.61 bits per heavy atom. The Kier molecular flexibility index (Phi) is 4.62. The summed E-state index contributed by atoms with van der Waals surface area (Å²) >= 11 is 0. The van der Waals surface area contributed by atoms with Gasteiger partial charge in [0.1, 0.15) is 17.3 Å². The molecule has 146 valence electrons. The molecule has 0 unspecified atom stereocenters. The molecule has 0 amide bonds. The van der Waals surface area contributed by atoms with E-state index in [0.29, 0.717) is 32.0 Å². The lowest BCUT2D eigenvalue weighted by atomic mass is 10.2. The van der Waals surface area contributed by atoms with Crippen molar-refractivity contribution in [3.8, 4) is 11.3 Å². The minimum Gasteiger partial charge on any atom is -0.353 e. The number of hydrogen-bond donors (Lipinski definition) is 0. The summed E-state index contributed by atoms with van der Waals surface area (Å²) in [7, 11) is 1.84. The number of pyridine rings is 1. The summed E-state index contributed by atoms with van der Waals surface area (Å²) in [6.45, 7) is 2.33. The molecule has 7 nitrogen and oxygen atoms in total. The maximum absolute atomic E-state index is 12.9. The molecule has 28 heavy (non-hydrogen) atoms. The maximum atomic E-state index is 12.9. The number of aromatic nitrogens is 5. The summed E-state index contributed by atoms with van der Waals surface area (Å²) in [6.07, 6.45) is 2.53. The Labute approximate surface area is 159 Å². The van der Waals surface area contributed by atoms with Gasteiger partial charge in [-0.2, -0.15) is 18.3 Å². The Balaban J connectivity index is 1.46. The van der Waals surface area contributed by atoms with Crippen molar-refractivity contribution in [3.63, 3.8) is 0 Å². The fourth-order valence-electron chi connectivity index (χ4n) is 3.12. The predicted molar refractivity (Wildman–Crippen MR) is 97.9 cm³/mol. The van der Waals surface area contributed by atoms with Crippen LogP contribution in [0.3, 0.4) is 0 Å². The van der Waals surface area contributed by atoms with Gasteiger partial charge < -0.3 is 9.80 Å². The minimum atomic E-state index is -4.44. The summed E-state index contributed by atoms with van der Waals surface area (Å²) in [5.41, 5.74) is 0.735. The van der Waals surface area contributed by atoms with Crippen molar-refractivity contribution in [2.75, 3.05) is 36.0 Å². The van der Waals surface area contributed by atoms with E-state index in [1.807, 2.05) is 18.1 Å². The largest absolute Gasteiger partial charge is 0.433 e. The number of piperazine rings is 1. The van der Waals surface area contributed by atoms with Gasteiger partial charge in [0.15, 0.2) is 0 Å². The van der Waals surface area contributed by atoms with Crippen LogP contribution in [0.25, 0.3) is 11.3 Å². The average Bonchev–Trinajstić information content (AvgIpc) is 3.14. The molecule has 3 aromatic rings. The van der Waals surface area contributed by atoms with Gasteiger partial charge in [0.05, 0.1) is 24.3 Å². The smallest absolute Gasteiger partial charge is 0.353 e. The molecule has 3 aromatic heterocycles. The lowest BCUT2D eigenvalue weighted by Gasteiger charge is -2.36. The van der Waals surface area contributed by atoms with Crippen LogP contribution in [-0.4, -0.2) is 50.9 Å².